The van der Waals surface area contributed by atoms with Crippen LogP contribution in [-0.4, -0.2) is 19.5 Å². The van der Waals surface area contributed by atoms with Crippen molar-refractivity contribution in [3.63, 3.8) is 0 Å². The van der Waals surface area contributed by atoms with Gasteiger partial charge in [-0.3, -0.25) is 0 Å². The molecule has 2 aromatic heterocycles. The van der Waals surface area contributed by atoms with Gasteiger partial charge in [-0.15, -0.1) is 0 Å². The van der Waals surface area contributed by atoms with Crippen molar-refractivity contribution in [2.24, 2.45) is 0 Å². The van der Waals surface area contributed by atoms with E-state index < -0.39 is 0 Å². The van der Waals surface area contributed by atoms with Crippen molar-refractivity contribution >= 4 is 32.6 Å². The van der Waals surface area contributed by atoms with Gasteiger partial charge in [0.1, 0.15) is 0 Å². The van der Waals surface area contributed by atoms with E-state index in [2.05, 4.69) is 144 Å². The fourth-order valence-electron chi connectivity index (χ4n) is 6.92. The van der Waals surface area contributed by atoms with Gasteiger partial charge < -0.3 is 4.57 Å². The number of benzene rings is 6. The standard InChI is InChI=1S/C44H32N4/c1-4-12-30(13-5-1)28-31-20-22-34(23-21-31)43-45-42(33-15-6-2-7-16-33)46-44(47-43)35-25-27-40-39(29-35)38-26-24-32-14-10-11-19-37(32)41(38)48(40)36-17-8-3-9-18-36/h2-4,6-27,29H,1,5,28H2. The third kappa shape index (κ3) is 5.08. The molecule has 4 heteroatoms. The van der Waals surface area contributed by atoms with E-state index in [1.54, 1.807) is 0 Å². The summed E-state index contributed by atoms with van der Waals surface area (Å²) in [6.07, 6.45) is 10.0. The molecule has 0 radical (unpaired) electrons. The maximum absolute atomic E-state index is 5.09. The fraction of sp³-hybridized carbons (Fsp3) is 0.0682. The lowest BCUT2D eigenvalue weighted by Crippen LogP contribution is -2.00. The van der Waals surface area contributed by atoms with Crippen LogP contribution >= 0.6 is 0 Å². The monoisotopic (exact) mass is 616 g/mol. The molecule has 0 bridgehead atoms. The first-order valence-electron chi connectivity index (χ1n) is 16.6. The number of aromatic nitrogens is 4. The molecule has 0 saturated carbocycles. The van der Waals surface area contributed by atoms with Crippen molar-refractivity contribution in [3.05, 3.63) is 169 Å². The van der Waals surface area contributed by atoms with Crippen LogP contribution in [0.25, 0.3) is 72.4 Å². The molecule has 6 aromatic carbocycles. The highest BCUT2D eigenvalue weighted by molar-refractivity contribution is 6.19. The minimum Gasteiger partial charge on any atom is -0.309 e. The maximum Gasteiger partial charge on any atom is 0.164 e. The minimum atomic E-state index is 0.656. The van der Waals surface area contributed by atoms with Gasteiger partial charge in [-0.05, 0) is 66.1 Å². The lowest BCUT2D eigenvalue weighted by atomic mass is 9.99. The Morgan fingerprint density at radius 3 is 1.94 bits per heavy atom. The molecular weight excluding hydrogens is 585 g/mol. The highest BCUT2D eigenvalue weighted by Gasteiger charge is 2.18. The normalized spacial score (nSPS) is 13.0. The van der Waals surface area contributed by atoms with Gasteiger partial charge in [0.15, 0.2) is 17.5 Å². The van der Waals surface area contributed by atoms with Crippen LogP contribution in [0.2, 0.25) is 0 Å². The SMILES string of the molecule is C1=CC(Cc2ccc(-c3nc(-c4ccccc4)nc(-c4ccc5c(c4)c4ccc6ccccc6c4n5-c4ccccc4)n3)cc2)=CCC1. The van der Waals surface area contributed by atoms with Crippen molar-refractivity contribution in [1.29, 1.82) is 0 Å². The largest absolute Gasteiger partial charge is 0.309 e. The van der Waals surface area contributed by atoms with Crippen molar-refractivity contribution in [2.45, 2.75) is 19.3 Å². The Kier molecular flexibility index (Phi) is 6.98. The minimum absolute atomic E-state index is 0.656. The van der Waals surface area contributed by atoms with E-state index in [4.69, 9.17) is 15.0 Å². The first-order valence-corrected chi connectivity index (χ1v) is 16.6. The Bertz CT molecular complexity index is 2510. The summed E-state index contributed by atoms with van der Waals surface area (Å²) in [7, 11) is 0. The molecule has 0 unspecified atom stereocenters. The van der Waals surface area contributed by atoms with Gasteiger partial charge in [0, 0.05) is 38.5 Å². The molecule has 2 heterocycles. The zero-order chi connectivity index (χ0) is 31.9. The highest BCUT2D eigenvalue weighted by atomic mass is 15.0. The summed E-state index contributed by atoms with van der Waals surface area (Å²) in [5.74, 6) is 1.98. The number of hydrogen-bond acceptors (Lipinski definition) is 3. The highest BCUT2D eigenvalue weighted by Crippen LogP contribution is 2.38. The predicted molar refractivity (Wildman–Crippen MR) is 198 cm³/mol. The Balaban J connectivity index is 1.21. The Morgan fingerprint density at radius 2 is 1.19 bits per heavy atom. The average Bonchev–Trinajstić information content (AvgIpc) is 3.50. The zero-order valence-corrected chi connectivity index (χ0v) is 26.4. The fourth-order valence-corrected chi connectivity index (χ4v) is 6.92. The van der Waals surface area contributed by atoms with Gasteiger partial charge in [-0.1, -0.05) is 127 Å². The smallest absolute Gasteiger partial charge is 0.164 e. The third-order valence-corrected chi connectivity index (χ3v) is 9.28. The van der Waals surface area contributed by atoms with Gasteiger partial charge in [0.25, 0.3) is 0 Å². The first-order chi connectivity index (χ1) is 23.8. The van der Waals surface area contributed by atoms with Crippen molar-refractivity contribution in [3.8, 4) is 39.9 Å². The van der Waals surface area contributed by atoms with E-state index in [0.717, 1.165) is 52.5 Å². The lowest BCUT2D eigenvalue weighted by Gasteiger charge is -2.11. The van der Waals surface area contributed by atoms with Crippen molar-refractivity contribution in [2.75, 3.05) is 0 Å². The molecule has 0 amide bonds. The van der Waals surface area contributed by atoms with Crippen LogP contribution in [0.1, 0.15) is 18.4 Å². The van der Waals surface area contributed by atoms with E-state index in [1.165, 1.54) is 32.8 Å². The number of para-hydroxylation sites is 1. The molecule has 0 spiro atoms. The summed E-state index contributed by atoms with van der Waals surface area (Å²) in [4.78, 5) is 15.1. The molecule has 1 aliphatic rings. The zero-order valence-electron chi connectivity index (χ0n) is 26.4. The Labute approximate surface area is 279 Å². The summed E-state index contributed by atoms with van der Waals surface area (Å²) in [5.41, 5.74) is 9.02. The van der Waals surface area contributed by atoms with E-state index in [-0.39, 0.29) is 0 Å². The Morgan fingerprint density at radius 1 is 0.521 bits per heavy atom. The number of nitrogens with zero attached hydrogens (tertiary/aromatic N) is 4. The number of fused-ring (bicyclic) bond motifs is 5. The second kappa shape index (κ2) is 11.9. The van der Waals surface area contributed by atoms with Crippen LogP contribution in [-0.2, 0) is 6.42 Å². The van der Waals surface area contributed by atoms with Gasteiger partial charge in [0.05, 0.1) is 11.0 Å². The predicted octanol–water partition coefficient (Wildman–Crippen LogP) is 10.9. The molecule has 0 fully saturated rings. The lowest BCUT2D eigenvalue weighted by molar-refractivity contribution is 0.994. The number of rotatable bonds is 6. The van der Waals surface area contributed by atoms with Gasteiger partial charge in [-0.25, -0.2) is 15.0 Å². The average molecular weight is 617 g/mol. The molecule has 48 heavy (non-hydrogen) atoms. The van der Waals surface area contributed by atoms with Gasteiger partial charge in [-0.2, -0.15) is 0 Å². The van der Waals surface area contributed by atoms with Crippen LogP contribution in [0.5, 0.6) is 0 Å². The van der Waals surface area contributed by atoms with E-state index >= 15 is 0 Å². The second-order valence-corrected chi connectivity index (χ2v) is 12.4. The summed E-state index contributed by atoms with van der Waals surface area (Å²) in [6.45, 7) is 0. The van der Waals surface area contributed by atoms with Gasteiger partial charge in [0.2, 0.25) is 0 Å². The Hall–Kier alpha value is -6.13. The van der Waals surface area contributed by atoms with E-state index in [1.807, 2.05) is 18.2 Å². The van der Waals surface area contributed by atoms with Crippen molar-refractivity contribution in [1.82, 2.24) is 19.5 Å². The van der Waals surface area contributed by atoms with Crippen LogP contribution in [0.4, 0.5) is 0 Å². The molecular formula is C44H32N4. The molecule has 0 aliphatic heterocycles. The molecule has 0 N–H and O–H groups in total. The summed E-state index contributed by atoms with van der Waals surface area (Å²) in [5, 5.41) is 4.81. The molecule has 1 aliphatic carbocycles. The van der Waals surface area contributed by atoms with Crippen LogP contribution in [0, 0.1) is 0 Å². The topological polar surface area (TPSA) is 43.6 Å². The maximum atomic E-state index is 5.09. The van der Waals surface area contributed by atoms with Crippen LogP contribution < -0.4 is 0 Å². The second-order valence-electron chi connectivity index (χ2n) is 12.4. The summed E-state index contributed by atoms with van der Waals surface area (Å²) in [6, 6.07) is 49.1. The van der Waals surface area contributed by atoms with E-state index in [9.17, 15) is 0 Å². The van der Waals surface area contributed by atoms with E-state index in [0.29, 0.717) is 17.5 Å². The first kappa shape index (κ1) is 28.1. The molecule has 9 rings (SSSR count). The molecule has 4 nitrogen and oxygen atoms in total. The summed E-state index contributed by atoms with van der Waals surface area (Å²) >= 11 is 0. The quantitative estimate of drug-likeness (QED) is 0.187. The molecule has 0 saturated heterocycles. The molecule has 8 aromatic rings. The third-order valence-electron chi connectivity index (χ3n) is 9.28. The molecule has 228 valence electrons. The van der Waals surface area contributed by atoms with Crippen LogP contribution in [0.15, 0.2) is 163 Å². The van der Waals surface area contributed by atoms with Crippen LogP contribution in [0.3, 0.4) is 0 Å². The summed E-state index contributed by atoms with van der Waals surface area (Å²) < 4.78 is 2.38. The number of hydrogen-bond donors (Lipinski definition) is 0. The molecule has 0 atom stereocenters. The number of allylic oxidation sites excluding steroid dienone is 4. The van der Waals surface area contributed by atoms with Crippen molar-refractivity contribution < 1.29 is 0 Å². The van der Waals surface area contributed by atoms with Gasteiger partial charge >= 0.3 is 0 Å².